The van der Waals surface area contributed by atoms with E-state index in [0.29, 0.717) is 29.8 Å². The van der Waals surface area contributed by atoms with Gasteiger partial charge in [-0.15, -0.1) is 0 Å². The molecule has 184 valence electrons. The average molecular weight is 479 g/mol. The lowest BCUT2D eigenvalue weighted by Crippen LogP contribution is -2.48. The molecule has 3 aliphatic heterocycles. The number of hydrogen-bond acceptors (Lipinski definition) is 7. The van der Waals surface area contributed by atoms with Crippen LogP contribution in [0.4, 0.5) is 0 Å². The van der Waals surface area contributed by atoms with Gasteiger partial charge in [-0.25, -0.2) is 0 Å². The number of benzene rings is 1. The number of esters is 1. The maximum atomic E-state index is 11.5. The number of hydrogen-bond donors (Lipinski definition) is 0. The Morgan fingerprint density at radius 1 is 0.939 bits per heavy atom. The molecular formula is C25H38O7Si. The minimum absolute atomic E-state index is 0.0223. The number of ether oxygens (including phenoxy) is 5. The van der Waals surface area contributed by atoms with E-state index >= 15 is 0 Å². The molecule has 0 aromatic heterocycles. The van der Waals surface area contributed by atoms with Crippen LogP contribution in [0, 0.1) is 11.8 Å². The Hall–Kier alpha value is -1.61. The number of carbonyl (C=O) groups excluding carboxylic acids is 1. The van der Waals surface area contributed by atoms with E-state index in [4.69, 9.17) is 28.1 Å². The van der Waals surface area contributed by atoms with Crippen molar-refractivity contribution in [2.45, 2.75) is 77.3 Å². The first-order valence-electron chi connectivity index (χ1n) is 12.1. The van der Waals surface area contributed by atoms with E-state index in [1.807, 2.05) is 12.1 Å². The zero-order valence-corrected chi connectivity index (χ0v) is 21.9. The molecule has 0 N–H and O–H groups in total. The van der Waals surface area contributed by atoms with Crippen molar-refractivity contribution in [1.29, 1.82) is 0 Å². The standard InChI is InChI=1S/C25H38O7Si/c1-14(2)33(15(3)4,16(5)6)31-12-27-10-20-21(11-28-17(7)26)25-19-9-23-22(29-13-30-23)8-18(19)24(20)32-25/h8-9,14-16,20-21,24-25H,10-13H2,1-7H3/t20-,21+,24-,25+/m0/s1. The summed E-state index contributed by atoms with van der Waals surface area (Å²) in [7, 11) is -1.99. The van der Waals surface area contributed by atoms with Gasteiger partial charge in [0, 0.05) is 18.8 Å². The fourth-order valence-electron chi connectivity index (χ4n) is 6.35. The van der Waals surface area contributed by atoms with Crippen LogP contribution in [-0.4, -0.2) is 41.1 Å². The third-order valence-corrected chi connectivity index (χ3v) is 13.7. The van der Waals surface area contributed by atoms with Crippen molar-refractivity contribution in [3.63, 3.8) is 0 Å². The Labute approximate surface area is 198 Å². The molecule has 3 heterocycles. The fourth-order valence-corrected chi connectivity index (χ4v) is 11.6. The summed E-state index contributed by atoms with van der Waals surface area (Å²) in [5.74, 6) is 1.31. The summed E-state index contributed by atoms with van der Waals surface area (Å²) in [6.07, 6.45) is -0.272. The average Bonchev–Trinajstić information content (AvgIpc) is 3.43. The predicted molar refractivity (Wildman–Crippen MR) is 126 cm³/mol. The Balaban J connectivity index is 1.47. The number of rotatable bonds is 10. The third-order valence-electron chi connectivity index (χ3n) is 7.70. The van der Waals surface area contributed by atoms with Crippen LogP contribution in [0.25, 0.3) is 0 Å². The van der Waals surface area contributed by atoms with Gasteiger partial charge in [-0.05, 0) is 39.9 Å². The predicted octanol–water partition coefficient (Wildman–Crippen LogP) is 5.50. The largest absolute Gasteiger partial charge is 0.465 e. The summed E-state index contributed by atoms with van der Waals surface area (Å²) < 4.78 is 35.7. The molecule has 0 amide bonds. The second-order valence-electron chi connectivity index (χ2n) is 10.4. The minimum atomic E-state index is -1.99. The second kappa shape index (κ2) is 9.56. The van der Waals surface area contributed by atoms with Crippen molar-refractivity contribution in [3.05, 3.63) is 23.3 Å². The van der Waals surface area contributed by atoms with Crippen molar-refractivity contribution < 1.29 is 32.9 Å². The van der Waals surface area contributed by atoms with Crippen LogP contribution in [0.2, 0.25) is 16.6 Å². The van der Waals surface area contributed by atoms with Crippen molar-refractivity contribution in [1.82, 2.24) is 0 Å². The first-order valence-corrected chi connectivity index (χ1v) is 14.2. The third kappa shape index (κ3) is 4.31. The van der Waals surface area contributed by atoms with Crippen molar-refractivity contribution >= 4 is 14.3 Å². The summed E-state index contributed by atoms with van der Waals surface area (Å²) in [5.41, 5.74) is 3.72. The molecule has 0 saturated carbocycles. The molecule has 0 aliphatic carbocycles. The molecule has 33 heavy (non-hydrogen) atoms. The highest BCUT2D eigenvalue weighted by atomic mass is 28.4. The van der Waals surface area contributed by atoms with Gasteiger partial charge in [-0.1, -0.05) is 41.5 Å². The van der Waals surface area contributed by atoms with E-state index in [-0.39, 0.29) is 43.6 Å². The van der Waals surface area contributed by atoms with Crippen LogP contribution >= 0.6 is 0 Å². The molecule has 0 unspecified atom stereocenters. The summed E-state index contributed by atoms with van der Waals surface area (Å²) >= 11 is 0. The molecule has 2 bridgehead atoms. The molecule has 1 saturated heterocycles. The highest BCUT2D eigenvalue weighted by Crippen LogP contribution is 2.59. The van der Waals surface area contributed by atoms with Gasteiger partial charge in [-0.2, -0.15) is 0 Å². The van der Waals surface area contributed by atoms with E-state index in [1.54, 1.807) is 0 Å². The van der Waals surface area contributed by atoms with Crippen LogP contribution in [0.3, 0.4) is 0 Å². The van der Waals surface area contributed by atoms with Crippen molar-refractivity contribution in [2.75, 3.05) is 26.8 Å². The number of fused-ring (bicyclic) bond motifs is 6. The molecule has 1 aromatic carbocycles. The monoisotopic (exact) mass is 478 g/mol. The highest BCUT2D eigenvalue weighted by Gasteiger charge is 2.53. The van der Waals surface area contributed by atoms with E-state index in [1.165, 1.54) is 6.92 Å². The van der Waals surface area contributed by atoms with E-state index < -0.39 is 8.32 Å². The van der Waals surface area contributed by atoms with Crippen LogP contribution in [0.1, 0.15) is 71.8 Å². The molecule has 4 rings (SSSR count). The first-order chi connectivity index (χ1) is 15.7. The van der Waals surface area contributed by atoms with E-state index in [9.17, 15) is 4.79 Å². The summed E-state index contributed by atoms with van der Waals surface area (Å²) in [6, 6.07) is 4.04. The summed E-state index contributed by atoms with van der Waals surface area (Å²) in [5, 5.41) is 0. The molecule has 1 fully saturated rings. The SMILES string of the molecule is CC(=O)OC[C@@H]1[C@H](COCO[Si](C(C)C)(C(C)C)C(C)C)[C@H]2O[C@@H]1c1cc3c(cc12)OCO3. The van der Waals surface area contributed by atoms with E-state index in [0.717, 1.165) is 22.6 Å². The lowest BCUT2D eigenvalue weighted by atomic mass is 9.76. The Morgan fingerprint density at radius 2 is 1.45 bits per heavy atom. The van der Waals surface area contributed by atoms with Crippen LogP contribution < -0.4 is 9.47 Å². The Morgan fingerprint density at radius 3 is 1.94 bits per heavy atom. The van der Waals surface area contributed by atoms with Gasteiger partial charge in [0.05, 0.1) is 25.4 Å². The zero-order valence-electron chi connectivity index (χ0n) is 20.9. The molecule has 8 heteroatoms. The minimum Gasteiger partial charge on any atom is -0.465 e. The normalized spacial score (nSPS) is 25.4. The smallest absolute Gasteiger partial charge is 0.302 e. The second-order valence-corrected chi connectivity index (χ2v) is 15.9. The lowest BCUT2D eigenvalue weighted by molar-refractivity contribution is -0.143. The Kier molecular flexibility index (Phi) is 7.10. The molecule has 7 nitrogen and oxygen atoms in total. The van der Waals surface area contributed by atoms with Crippen LogP contribution in [-0.2, 0) is 23.4 Å². The Bertz CT molecular complexity index is 847. The van der Waals surface area contributed by atoms with Crippen LogP contribution in [0.5, 0.6) is 11.5 Å². The molecule has 3 aliphatic rings. The van der Waals surface area contributed by atoms with Gasteiger partial charge in [0.2, 0.25) is 15.1 Å². The molecule has 0 spiro atoms. The van der Waals surface area contributed by atoms with Gasteiger partial charge in [-0.3, -0.25) is 4.79 Å². The lowest BCUT2D eigenvalue weighted by Gasteiger charge is -2.42. The molecular weight excluding hydrogens is 440 g/mol. The van der Waals surface area contributed by atoms with Gasteiger partial charge in [0.15, 0.2) is 11.5 Å². The van der Waals surface area contributed by atoms with Crippen LogP contribution in [0.15, 0.2) is 12.1 Å². The maximum absolute atomic E-state index is 11.5. The van der Waals surface area contributed by atoms with Gasteiger partial charge < -0.3 is 28.1 Å². The molecule has 0 radical (unpaired) electrons. The zero-order chi connectivity index (χ0) is 23.9. The van der Waals surface area contributed by atoms with Crippen molar-refractivity contribution in [3.8, 4) is 11.5 Å². The summed E-state index contributed by atoms with van der Waals surface area (Å²) in [4.78, 5) is 11.5. The topological polar surface area (TPSA) is 72.5 Å². The molecule has 1 aromatic rings. The van der Waals surface area contributed by atoms with Gasteiger partial charge in [0.1, 0.15) is 6.79 Å². The quantitative estimate of drug-likeness (QED) is 0.190. The van der Waals surface area contributed by atoms with E-state index in [2.05, 4.69) is 41.5 Å². The first kappa shape index (κ1) is 24.5. The maximum Gasteiger partial charge on any atom is 0.302 e. The van der Waals surface area contributed by atoms with Gasteiger partial charge in [0.25, 0.3) is 0 Å². The molecule has 4 atom stereocenters. The van der Waals surface area contributed by atoms with Gasteiger partial charge >= 0.3 is 5.97 Å². The summed E-state index contributed by atoms with van der Waals surface area (Å²) in [6.45, 7) is 16.4. The number of carbonyl (C=O) groups is 1. The highest BCUT2D eigenvalue weighted by molar-refractivity contribution is 6.77. The fraction of sp³-hybridized carbons (Fsp3) is 0.720. The van der Waals surface area contributed by atoms with Crippen molar-refractivity contribution in [2.24, 2.45) is 11.8 Å².